The molecule has 2 rings (SSSR count). The van der Waals surface area contributed by atoms with Crippen LogP contribution in [0.2, 0.25) is 0 Å². The highest BCUT2D eigenvalue weighted by Crippen LogP contribution is 2.21. The van der Waals surface area contributed by atoms with Gasteiger partial charge in [-0.05, 0) is 5.56 Å². The molecular weight excluding hydrogens is 148 g/mol. The number of likely N-dealkylation sites (N-methyl/N-ethyl adjacent to an activating group) is 1. The van der Waals surface area contributed by atoms with E-state index in [9.17, 15) is 0 Å². The second kappa shape index (κ2) is 2.97. The molecule has 12 heavy (non-hydrogen) atoms. The number of benzene rings is 1. The molecular formula is C10H12N2. The Morgan fingerprint density at radius 3 is 2.67 bits per heavy atom. The first-order valence-corrected chi connectivity index (χ1v) is 4.15. The van der Waals surface area contributed by atoms with E-state index in [0.29, 0.717) is 6.04 Å². The summed E-state index contributed by atoms with van der Waals surface area (Å²) in [4.78, 5) is 6.37. The molecule has 0 saturated heterocycles. The molecule has 1 heterocycles. The van der Waals surface area contributed by atoms with E-state index in [2.05, 4.69) is 41.2 Å². The van der Waals surface area contributed by atoms with E-state index in [4.69, 9.17) is 0 Å². The van der Waals surface area contributed by atoms with Crippen LogP contribution >= 0.6 is 0 Å². The van der Waals surface area contributed by atoms with Gasteiger partial charge in [0.1, 0.15) is 0 Å². The quantitative estimate of drug-likeness (QED) is 0.610. The van der Waals surface area contributed by atoms with E-state index < -0.39 is 0 Å². The Bertz CT molecular complexity index is 279. The van der Waals surface area contributed by atoms with Crippen molar-refractivity contribution in [3.05, 3.63) is 35.9 Å². The summed E-state index contributed by atoms with van der Waals surface area (Å²) in [6, 6.07) is 10.9. The Morgan fingerprint density at radius 1 is 1.33 bits per heavy atom. The van der Waals surface area contributed by atoms with Crippen molar-refractivity contribution < 1.29 is 0 Å². The lowest BCUT2D eigenvalue weighted by Crippen LogP contribution is -2.19. The monoisotopic (exact) mass is 160 g/mol. The van der Waals surface area contributed by atoms with Gasteiger partial charge in [-0.3, -0.25) is 4.99 Å². The maximum atomic E-state index is 4.22. The van der Waals surface area contributed by atoms with Gasteiger partial charge in [0.15, 0.2) is 0 Å². The molecule has 62 valence electrons. The molecule has 0 amide bonds. The van der Waals surface area contributed by atoms with E-state index in [0.717, 1.165) is 6.54 Å². The fourth-order valence-corrected chi connectivity index (χ4v) is 1.50. The van der Waals surface area contributed by atoms with Gasteiger partial charge in [-0.1, -0.05) is 30.3 Å². The molecule has 0 spiro atoms. The minimum absolute atomic E-state index is 0.450. The van der Waals surface area contributed by atoms with Gasteiger partial charge >= 0.3 is 0 Å². The third-order valence-corrected chi connectivity index (χ3v) is 2.22. The van der Waals surface area contributed by atoms with Crippen LogP contribution in [0, 0.1) is 0 Å². The molecule has 1 aliphatic rings. The molecule has 1 aromatic rings. The molecule has 1 atom stereocenters. The van der Waals surface area contributed by atoms with Crippen LogP contribution in [0.4, 0.5) is 0 Å². The molecule has 0 unspecified atom stereocenters. The topological polar surface area (TPSA) is 15.6 Å². The van der Waals surface area contributed by atoms with E-state index in [1.54, 1.807) is 0 Å². The van der Waals surface area contributed by atoms with E-state index in [-0.39, 0.29) is 0 Å². The maximum Gasteiger partial charge on any atom is 0.0854 e. The van der Waals surface area contributed by atoms with Crippen molar-refractivity contribution in [2.75, 3.05) is 13.6 Å². The number of aliphatic imine (C=N–C) groups is 1. The Kier molecular flexibility index (Phi) is 1.82. The molecule has 1 aromatic carbocycles. The maximum absolute atomic E-state index is 4.22. The average molecular weight is 160 g/mol. The smallest absolute Gasteiger partial charge is 0.0854 e. The van der Waals surface area contributed by atoms with Gasteiger partial charge in [-0.25, -0.2) is 0 Å². The molecule has 2 nitrogen and oxygen atoms in total. The predicted molar refractivity (Wildman–Crippen MR) is 50.3 cm³/mol. The van der Waals surface area contributed by atoms with Crippen LogP contribution in [0.25, 0.3) is 0 Å². The van der Waals surface area contributed by atoms with Crippen molar-refractivity contribution in [1.29, 1.82) is 0 Å². The van der Waals surface area contributed by atoms with Crippen LogP contribution in [0.1, 0.15) is 11.6 Å². The van der Waals surface area contributed by atoms with Crippen molar-refractivity contribution in [1.82, 2.24) is 4.90 Å². The van der Waals surface area contributed by atoms with Crippen molar-refractivity contribution in [3.8, 4) is 0 Å². The van der Waals surface area contributed by atoms with Crippen LogP contribution in [0.15, 0.2) is 35.3 Å². The largest absolute Gasteiger partial charge is 0.357 e. The normalized spacial score (nSPS) is 21.8. The molecule has 1 aliphatic heterocycles. The zero-order chi connectivity index (χ0) is 8.39. The molecule has 0 fully saturated rings. The van der Waals surface area contributed by atoms with E-state index >= 15 is 0 Å². The number of rotatable bonds is 1. The molecule has 0 saturated carbocycles. The summed E-state index contributed by atoms with van der Waals surface area (Å²) in [5.41, 5.74) is 1.34. The zero-order valence-corrected chi connectivity index (χ0v) is 7.14. The fraction of sp³-hybridized carbons (Fsp3) is 0.300. The lowest BCUT2D eigenvalue weighted by molar-refractivity contribution is 0.426. The number of hydrogen-bond donors (Lipinski definition) is 0. The van der Waals surface area contributed by atoms with Gasteiger partial charge in [0.25, 0.3) is 0 Å². The first kappa shape index (κ1) is 7.35. The summed E-state index contributed by atoms with van der Waals surface area (Å²) in [7, 11) is 2.06. The van der Waals surface area contributed by atoms with Crippen LogP contribution in [-0.4, -0.2) is 24.8 Å². The van der Waals surface area contributed by atoms with Crippen molar-refractivity contribution in [2.45, 2.75) is 6.04 Å². The van der Waals surface area contributed by atoms with Gasteiger partial charge in [0, 0.05) is 7.05 Å². The molecule has 0 aliphatic carbocycles. The first-order chi connectivity index (χ1) is 5.88. The molecule has 0 bridgehead atoms. The minimum atomic E-state index is 0.450. The Labute approximate surface area is 72.5 Å². The molecule has 0 N–H and O–H groups in total. The molecule has 0 radical (unpaired) electrons. The lowest BCUT2D eigenvalue weighted by Gasteiger charge is -2.18. The summed E-state index contributed by atoms with van der Waals surface area (Å²) in [6.07, 6.45) is 1.90. The van der Waals surface area contributed by atoms with Gasteiger partial charge in [-0.15, -0.1) is 0 Å². The molecule has 2 heteroatoms. The summed E-state index contributed by atoms with van der Waals surface area (Å²) in [5, 5.41) is 0. The van der Waals surface area contributed by atoms with Gasteiger partial charge in [0.2, 0.25) is 0 Å². The van der Waals surface area contributed by atoms with Gasteiger partial charge in [-0.2, -0.15) is 0 Å². The second-order valence-corrected chi connectivity index (χ2v) is 3.07. The standard InChI is InChI=1S/C10H12N2/c1-12-8-11-7-10(12)9-5-3-2-4-6-9/h2-6,8,10H,7H2,1H3/t10-/m0/s1. The van der Waals surface area contributed by atoms with Crippen LogP contribution in [0.3, 0.4) is 0 Å². The van der Waals surface area contributed by atoms with Gasteiger partial charge < -0.3 is 4.90 Å². The summed E-state index contributed by atoms with van der Waals surface area (Å²) in [6.45, 7) is 0.889. The minimum Gasteiger partial charge on any atom is -0.357 e. The zero-order valence-electron chi connectivity index (χ0n) is 7.14. The van der Waals surface area contributed by atoms with Crippen LogP contribution in [0.5, 0.6) is 0 Å². The van der Waals surface area contributed by atoms with E-state index in [1.807, 2.05) is 12.4 Å². The summed E-state index contributed by atoms with van der Waals surface area (Å²) >= 11 is 0. The SMILES string of the molecule is CN1C=NC[C@H]1c1ccccc1. The van der Waals surface area contributed by atoms with E-state index in [1.165, 1.54) is 5.56 Å². The first-order valence-electron chi connectivity index (χ1n) is 4.15. The Hall–Kier alpha value is -1.31. The second-order valence-electron chi connectivity index (χ2n) is 3.07. The Balaban J connectivity index is 2.22. The average Bonchev–Trinajstić information content (AvgIpc) is 2.53. The number of hydrogen-bond acceptors (Lipinski definition) is 2. The van der Waals surface area contributed by atoms with Gasteiger partial charge in [0.05, 0.1) is 18.9 Å². The fourth-order valence-electron chi connectivity index (χ4n) is 1.50. The van der Waals surface area contributed by atoms with Crippen LogP contribution < -0.4 is 0 Å². The third-order valence-electron chi connectivity index (χ3n) is 2.22. The van der Waals surface area contributed by atoms with Crippen molar-refractivity contribution in [3.63, 3.8) is 0 Å². The predicted octanol–water partition coefficient (Wildman–Crippen LogP) is 1.70. The van der Waals surface area contributed by atoms with Crippen LogP contribution in [-0.2, 0) is 0 Å². The van der Waals surface area contributed by atoms with Crippen molar-refractivity contribution >= 4 is 6.34 Å². The summed E-state index contributed by atoms with van der Waals surface area (Å²) in [5.74, 6) is 0. The highest BCUT2D eigenvalue weighted by molar-refractivity contribution is 5.58. The highest BCUT2D eigenvalue weighted by atomic mass is 15.2. The molecule has 0 aromatic heterocycles. The highest BCUT2D eigenvalue weighted by Gasteiger charge is 2.17. The Morgan fingerprint density at radius 2 is 2.08 bits per heavy atom. The third kappa shape index (κ3) is 1.20. The summed E-state index contributed by atoms with van der Waals surface area (Å²) < 4.78 is 0. The number of nitrogens with zero attached hydrogens (tertiary/aromatic N) is 2. The lowest BCUT2D eigenvalue weighted by atomic mass is 10.1. The van der Waals surface area contributed by atoms with Crippen molar-refractivity contribution in [2.24, 2.45) is 4.99 Å².